The zero-order valence-electron chi connectivity index (χ0n) is 20.3. The summed E-state index contributed by atoms with van der Waals surface area (Å²) in [6.07, 6.45) is 2.13. The predicted octanol–water partition coefficient (Wildman–Crippen LogP) is 2.57. The van der Waals surface area contributed by atoms with Crippen LogP contribution in [-0.4, -0.2) is 81.8 Å². The molecule has 1 heterocycles. The maximum Gasteiger partial charge on any atom is 0.259 e. The monoisotopic (exact) mass is 469 g/mol. The molecular formula is C26H35N3O5. The van der Waals surface area contributed by atoms with E-state index in [-0.39, 0.29) is 18.4 Å². The van der Waals surface area contributed by atoms with Crippen molar-refractivity contribution in [2.24, 2.45) is 0 Å². The molecule has 1 saturated heterocycles. The highest BCUT2D eigenvalue weighted by Crippen LogP contribution is 2.16. The van der Waals surface area contributed by atoms with Crippen LogP contribution in [0.5, 0.6) is 11.5 Å². The van der Waals surface area contributed by atoms with E-state index >= 15 is 0 Å². The summed E-state index contributed by atoms with van der Waals surface area (Å²) in [6.45, 7) is 3.42. The summed E-state index contributed by atoms with van der Waals surface area (Å²) >= 11 is 0. The van der Waals surface area contributed by atoms with Gasteiger partial charge in [0.25, 0.3) is 11.8 Å². The van der Waals surface area contributed by atoms with Crippen molar-refractivity contribution >= 4 is 11.8 Å². The van der Waals surface area contributed by atoms with E-state index in [1.54, 1.807) is 38.4 Å². The Morgan fingerprint density at radius 2 is 1.71 bits per heavy atom. The normalized spacial score (nSPS) is 14.0. The molecular weight excluding hydrogens is 434 g/mol. The van der Waals surface area contributed by atoms with Crippen LogP contribution in [0.2, 0.25) is 0 Å². The number of hydrogen-bond donors (Lipinski definition) is 1. The molecule has 0 bridgehead atoms. The molecule has 0 atom stereocenters. The molecule has 1 N–H and O–H groups in total. The van der Waals surface area contributed by atoms with Gasteiger partial charge in [0, 0.05) is 52.0 Å². The lowest BCUT2D eigenvalue weighted by Crippen LogP contribution is -2.38. The Morgan fingerprint density at radius 1 is 1.00 bits per heavy atom. The minimum absolute atomic E-state index is 0.0737. The van der Waals surface area contributed by atoms with Gasteiger partial charge in [0.2, 0.25) is 0 Å². The van der Waals surface area contributed by atoms with E-state index in [0.717, 1.165) is 43.9 Å². The number of rotatable bonds is 11. The Labute approximate surface area is 201 Å². The molecule has 3 rings (SSSR count). The average Bonchev–Trinajstić information content (AvgIpc) is 2.86. The average molecular weight is 470 g/mol. The molecule has 1 fully saturated rings. The second-order valence-corrected chi connectivity index (χ2v) is 8.61. The summed E-state index contributed by atoms with van der Waals surface area (Å²) in [5.74, 6) is 0.901. The van der Waals surface area contributed by atoms with Crippen molar-refractivity contribution in [3.8, 4) is 11.5 Å². The van der Waals surface area contributed by atoms with Gasteiger partial charge in [-0.25, -0.2) is 0 Å². The Hall–Kier alpha value is -3.10. The van der Waals surface area contributed by atoms with Crippen molar-refractivity contribution in [3.05, 3.63) is 59.7 Å². The summed E-state index contributed by atoms with van der Waals surface area (Å²) in [5, 5.41) is 2.92. The van der Waals surface area contributed by atoms with Gasteiger partial charge in [-0.15, -0.1) is 0 Å². The second-order valence-electron chi connectivity index (χ2n) is 8.61. The third kappa shape index (κ3) is 8.04. The van der Waals surface area contributed by atoms with Gasteiger partial charge < -0.3 is 24.4 Å². The Morgan fingerprint density at radius 3 is 2.44 bits per heavy atom. The molecule has 1 aliphatic rings. The van der Waals surface area contributed by atoms with E-state index in [1.807, 2.05) is 24.3 Å². The van der Waals surface area contributed by atoms with Crippen molar-refractivity contribution in [3.63, 3.8) is 0 Å². The molecule has 8 nitrogen and oxygen atoms in total. The van der Waals surface area contributed by atoms with Crippen LogP contribution in [0.15, 0.2) is 48.5 Å². The molecule has 34 heavy (non-hydrogen) atoms. The smallest absolute Gasteiger partial charge is 0.259 e. The summed E-state index contributed by atoms with van der Waals surface area (Å²) in [5.41, 5.74) is 1.42. The van der Waals surface area contributed by atoms with Gasteiger partial charge in [-0.1, -0.05) is 18.2 Å². The predicted molar refractivity (Wildman–Crippen MR) is 130 cm³/mol. The van der Waals surface area contributed by atoms with Crippen molar-refractivity contribution in [2.45, 2.75) is 25.4 Å². The third-order valence-electron chi connectivity index (χ3n) is 5.84. The van der Waals surface area contributed by atoms with Gasteiger partial charge in [-0.3, -0.25) is 14.5 Å². The molecule has 2 aromatic carbocycles. The number of carbonyl (C=O) groups excluding carboxylic acids is 2. The highest BCUT2D eigenvalue weighted by atomic mass is 16.5. The molecule has 0 aromatic heterocycles. The summed E-state index contributed by atoms with van der Waals surface area (Å²) in [6, 6.07) is 15.1. The first-order chi connectivity index (χ1) is 16.4. The fraction of sp³-hybridized carbons (Fsp3) is 0.462. The largest absolute Gasteiger partial charge is 0.492 e. The zero-order chi connectivity index (χ0) is 24.3. The highest BCUT2D eigenvalue weighted by molar-refractivity contribution is 5.94. The Bertz CT molecular complexity index is 944. The summed E-state index contributed by atoms with van der Waals surface area (Å²) < 4.78 is 16.9. The lowest BCUT2D eigenvalue weighted by molar-refractivity contribution is -0.130. The topological polar surface area (TPSA) is 80.3 Å². The van der Waals surface area contributed by atoms with Gasteiger partial charge in [0.15, 0.2) is 6.61 Å². The number of nitrogens with zero attached hydrogens (tertiary/aromatic N) is 2. The summed E-state index contributed by atoms with van der Waals surface area (Å²) in [7, 11) is 5.47. The van der Waals surface area contributed by atoms with Crippen molar-refractivity contribution in [2.75, 3.05) is 54.1 Å². The number of likely N-dealkylation sites (N-methyl/N-ethyl adjacent to an activating group) is 2. The van der Waals surface area contributed by atoms with Crippen molar-refractivity contribution < 1.29 is 23.8 Å². The minimum Gasteiger partial charge on any atom is -0.492 e. The van der Waals surface area contributed by atoms with Crippen molar-refractivity contribution in [1.29, 1.82) is 0 Å². The van der Waals surface area contributed by atoms with E-state index < -0.39 is 0 Å². The lowest BCUT2D eigenvalue weighted by Gasteiger charge is -2.31. The van der Waals surface area contributed by atoms with Crippen LogP contribution in [0.25, 0.3) is 0 Å². The molecule has 1 aliphatic heterocycles. The zero-order valence-corrected chi connectivity index (χ0v) is 20.3. The van der Waals surface area contributed by atoms with E-state index in [9.17, 15) is 9.59 Å². The molecule has 0 aliphatic carbocycles. The van der Waals surface area contributed by atoms with Crippen LogP contribution in [0.4, 0.5) is 0 Å². The van der Waals surface area contributed by atoms with E-state index in [1.165, 1.54) is 4.90 Å². The molecule has 0 spiro atoms. The standard InChI is InChI=1S/C26H35N3O5/c1-28(2)25(30)19-34-24-9-5-7-21(17-24)26(31)27-18-20-6-4-8-23(16-20)33-15-12-29(3)22-10-13-32-14-11-22/h4-9,16-17,22H,10-15,18-19H2,1-3H3,(H,27,31). The number of benzene rings is 2. The van der Waals surface area contributed by atoms with Crippen LogP contribution in [-0.2, 0) is 16.1 Å². The quantitative estimate of drug-likeness (QED) is 0.545. The second kappa shape index (κ2) is 13.0. The van der Waals surface area contributed by atoms with E-state index in [2.05, 4.69) is 17.3 Å². The van der Waals surface area contributed by atoms with Gasteiger partial charge in [-0.2, -0.15) is 0 Å². The van der Waals surface area contributed by atoms with Gasteiger partial charge in [0.05, 0.1) is 0 Å². The SMILES string of the molecule is CN(C)C(=O)COc1cccc(C(=O)NCc2cccc(OCCN(C)C3CCOCC3)c2)c1. The van der Waals surface area contributed by atoms with Gasteiger partial charge in [0.1, 0.15) is 18.1 Å². The molecule has 2 aromatic rings. The number of ether oxygens (including phenoxy) is 3. The molecule has 0 saturated carbocycles. The van der Waals surface area contributed by atoms with Gasteiger partial charge >= 0.3 is 0 Å². The maximum atomic E-state index is 12.6. The van der Waals surface area contributed by atoms with Gasteiger partial charge in [-0.05, 0) is 55.8 Å². The summed E-state index contributed by atoms with van der Waals surface area (Å²) in [4.78, 5) is 28.1. The third-order valence-corrected chi connectivity index (χ3v) is 5.84. The highest BCUT2D eigenvalue weighted by Gasteiger charge is 2.18. The fourth-order valence-corrected chi connectivity index (χ4v) is 3.65. The molecule has 0 unspecified atom stereocenters. The number of amides is 2. The maximum absolute atomic E-state index is 12.6. The number of hydrogen-bond acceptors (Lipinski definition) is 6. The molecule has 0 radical (unpaired) electrons. The van der Waals surface area contributed by atoms with Crippen LogP contribution >= 0.6 is 0 Å². The van der Waals surface area contributed by atoms with E-state index in [0.29, 0.717) is 30.5 Å². The van der Waals surface area contributed by atoms with Crippen LogP contribution in [0.3, 0.4) is 0 Å². The molecule has 8 heteroatoms. The van der Waals surface area contributed by atoms with Crippen molar-refractivity contribution in [1.82, 2.24) is 15.1 Å². The Kier molecular flexibility index (Phi) is 9.73. The first kappa shape index (κ1) is 25.5. The number of carbonyl (C=O) groups is 2. The first-order valence-corrected chi connectivity index (χ1v) is 11.6. The Balaban J connectivity index is 1.45. The van der Waals surface area contributed by atoms with Crippen LogP contribution < -0.4 is 14.8 Å². The number of nitrogens with one attached hydrogen (secondary N) is 1. The van der Waals surface area contributed by atoms with Crippen LogP contribution in [0.1, 0.15) is 28.8 Å². The molecule has 2 amide bonds. The van der Waals surface area contributed by atoms with E-state index in [4.69, 9.17) is 14.2 Å². The van der Waals surface area contributed by atoms with Crippen LogP contribution in [0, 0.1) is 0 Å². The minimum atomic E-state index is -0.214. The lowest BCUT2D eigenvalue weighted by atomic mass is 10.1. The molecule has 184 valence electrons. The first-order valence-electron chi connectivity index (χ1n) is 11.6. The fourth-order valence-electron chi connectivity index (χ4n) is 3.65.